The summed E-state index contributed by atoms with van der Waals surface area (Å²) >= 11 is 0. The van der Waals surface area contributed by atoms with Crippen LogP contribution in [0.3, 0.4) is 0 Å². The molecule has 7 heteroatoms. The maximum absolute atomic E-state index is 10.8. The first-order valence-corrected chi connectivity index (χ1v) is 10.9. The smallest absolute Gasteiger partial charge is 0.297 e. The standard InChI is InChI=1S/C24H31N3O4/c1-4-31-24-25-19-7-5-6-8-20(19)27(24)18-11-13-26(14-12-18)16-21(28)17-9-10-22(29-2)23(15-17)30-3/h5-10,15,18,21,28H,4,11-14,16H2,1-3H3. The number of aliphatic hydroxyl groups excluding tert-OH is 1. The second kappa shape index (κ2) is 9.58. The van der Waals surface area contributed by atoms with Crippen LogP contribution in [0.5, 0.6) is 17.5 Å². The largest absolute Gasteiger partial charge is 0.493 e. The molecule has 0 spiro atoms. The van der Waals surface area contributed by atoms with Gasteiger partial charge >= 0.3 is 0 Å². The van der Waals surface area contributed by atoms with Crippen LogP contribution in [0.1, 0.15) is 37.5 Å². The van der Waals surface area contributed by atoms with E-state index in [1.165, 1.54) is 0 Å². The molecule has 1 aliphatic rings. The summed E-state index contributed by atoms with van der Waals surface area (Å²) in [5.74, 6) is 1.30. The summed E-state index contributed by atoms with van der Waals surface area (Å²) in [6.45, 7) is 4.99. The fraction of sp³-hybridized carbons (Fsp3) is 0.458. The Bertz CT molecular complexity index is 1010. The van der Waals surface area contributed by atoms with Crippen LogP contribution in [0, 0.1) is 0 Å². The molecule has 1 fully saturated rings. The number of fused-ring (bicyclic) bond motifs is 1. The second-order valence-electron chi connectivity index (χ2n) is 7.85. The maximum atomic E-state index is 10.8. The van der Waals surface area contributed by atoms with Gasteiger partial charge in [-0.1, -0.05) is 18.2 Å². The highest BCUT2D eigenvalue weighted by molar-refractivity contribution is 5.76. The van der Waals surface area contributed by atoms with Gasteiger partial charge < -0.3 is 24.2 Å². The molecule has 1 aliphatic heterocycles. The summed E-state index contributed by atoms with van der Waals surface area (Å²) < 4.78 is 18.8. The highest BCUT2D eigenvalue weighted by Crippen LogP contribution is 2.34. The van der Waals surface area contributed by atoms with Crippen molar-refractivity contribution < 1.29 is 19.3 Å². The minimum Gasteiger partial charge on any atom is -0.493 e. The Morgan fingerprint density at radius 1 is 1.06 bits per heavy atom. The zero-order valence-electron chi connectivity index (χ0n) is 18.5. The number of hydrogen-bond donors (Lipinski definition) is 1. The van der Waals surface area contributed by atoms with Crippen molar-refractivity contribution in [2.45, 2.75) is 31.9 Å². The van der Waals surface area contributed by atoms with E-state index >= 15 is 0 Å². The number of methoxy groups -OCH3 is 2. The number of rotatable bonds is 8. The Hall–Kier alpha value is -2.77. The molecule has 0 aliphatic carbocycles. The van der Waals surface area contributed by atoms with Crippen molar-refractivity contribution in [1.82, 2.24) is 14.5 Å². The molecular formula is C24H31N3O4. The number of benzene rings is 2. The summed E-state index contributed by atoms with van der Waals surface area (Å²) in [7, 11) is 3.22. The SMILES string of the molecule is CCOc1nc2ccccc2n1C1CCN(CC(O)c2ccc(OC)c(OC)c2)CC1. The van der Waals surface area contributed by atoms with Gasteiger partial charge in [-0.15, -0.1) is 0 Å². The average molecular weight is 426 g/mol. The van der Waals surface area contributed by atoms with Gasteiger partial charge in [0.05, 0.1) is 38.0 Å². The zero-order valence-corrected chi connectivity index (χ0v) is 18.5. The molecule has 1 saturated heterocycles. The highest BCUT2D eigenvalue weighted by Gasteiger charge is 2.26. The lowest BCUT2D eigenvalue weighted by atomic mass is 10.0. The van der Waals surface area contributed by atoms with Crippen LogP contribution >= 0.6 is 0 Å². The molecule has 2 heterocycles. The van der Waals surface area contributed by atoms with Crippen LogP contribution in [0.4, 0.5) is 0 Å². The molecule has 1 unspecified atom stereocenters. The average Bonchev–Trinajstić information content (AvgIpc) is 3.17. The number of piperidine rings is 1. The highest BCUT2D eigenvalue weighted by atomic mass is 16.5. The first-order chi connectivity index (χ1) is 15.1. The molecule has 1 atom stereocenters. The van der Waals surface area contributed by atoms with E-state index in [-0.39, 0.29) is 0 Å². The fourth-order valence-corrected chi connectivity index (χ4v) is 4.38. The first kappa shape index (κ1) is 21.5. The van der Waals surface area contributed by atoms with E-state index in [1.54, 1.807) is 14.2 Å². The van der Waals surface area contributed by atoms with E-state index < -0.39 is 6.10 Å². The summed E-state index contributed by atoms with van der Waals surface area (Å²) in [6, 6.07) is 14.8. The van der Waals surface area contributed by atoms with Gasteiger partial charge in [0.2, 0.25) is 0 Å². The van der Waals surface area contributed by atoms with Crippen LogP contribution in [-0.4, -0.2) is 60.0 Å². The molecule has 1 N–H and O–H groups in total. The third-order valence-electron chi connectivity index (χ3n) is 5.98. The predicted molar refractivity (Wildman–Crippen MR) is 120 cm³/mol. The number of aliphatic hydroxyl groups is 1. The van der Waals surface area contributed by atoms with Crippen LogP contribution < -0.4 is 14.2 Å². The molecule has 0 radical (unpaired) electrons. The van der Waals surface area contributed by atoms with Crippen molar-refractivity contribution in [3.8, 4) is 17.5 Å². The van der Waals surface area contributed by atoms with Crippen LogP contribution in [-0.2, 0) is 0 Å². The Morgan fingerprint density at radius 2 is 1.81 bits per heavy atom. The fourth-order valence-electron chi connectivity index (χ4n) is 4.38. The number of imidazole rings is 1. The number of β-amino-alcohol motifs (C(OH)–C–C–N with tert-alkyl or cyclic N) is 1. The molecule has 31 heavy (non-hydrogen) atoms. The molecule has 166 valence electrons. The van der Waals surface area contributed by atoms with E-state index in [9.17, 15) is 5.11 Å². The Morgan fingerprint density at radius 3 is 2.52 bits per heavy atom. The Balaban J connectivity index is 1.43. The van der Waals surface area contributed by atoms with E-state index in [1.807, 2.05) is 43.3 Å². The lowest BCUT2D eigenvalue weighted by Gasteiger charge is -2.34. The van der Waals surface area contributed by atoms with Gasteiger partial charge in [-0.3, -0.25) is 4.57 Å². The number of aromatic nitrogens is 2. The van der Waals surface area contributed by atoms with Crippen molar-refractivity contribution in [1.29, 1.82) is 0 Å². The topological polar surface area (TPSA) is 69.0 Å². The van der Waals surface area contributed by atoms with Gasteiger partial charge in [-0.05, 0) is 49.6 Å². The van der Waals surface area contributed by atoms with Crippen molar-refractivity contribution in [3.63, 3.8) is 0 Å². The van der Waals surface area contributed by atoms with Crippen molar-refractivity contribution >= 4 is 11.0 Å². The molecule has 1 aromatic heterocycles. The molecule has 0 bridgehead atoms. The summed E-state index contributed by atoms with van der Waals surface area (Å²) in [5.41, 5.74) is 2.92. The quantitative estimate of drug-likeness (QED) is 0.592. The van der Waals surface area contributed by atoms with Crippen LogP contribution in [0.15, 0.2) is 42.5 Å². The maximum Gasteiger partial charge on any atom is 0.297 e. The normalized spacial score (nSPS) is 16.4. The minimum absolute atomic E-state index is 0.337. The summed E-state index contributed by atoms with van der Waals surface area (Å²) in [4.78, 5) is 7.00. The predicted octanol–water partition coefficient (Wildman–Crippen LogP) is 3.82. The number of nitrogens with zero attached hydrogens (tertiary/aromatic N) is 3. The molecular weight excluding hydrogens is 394 g/mol. The van der Waals surface area contributed by atoms with Crippen molar-refractivity contribution in [2.75, 3.05) is 40.5 Å². The van der Waals surface area contributed by atoms with Gasteiger partial charge in [0, 0.05) is 25.7 Å². The molecule has 0 saturated carbocycles. The van der Waals surface area contributed by atoms with Crippen molar-refractivity contribution in [2.24, 2.45) is 0 Å². The van der Waals surface area contributed by atoms with E-state index in [2.05, 4.69) is 20.5 Å². The Labute approximate surface area is 183 Å². The molecule has 7 nitrogen and oxygen atoms in total. The number of hydrogen-bond acceptors (Lipinski definition) is 6. The summed E-state index contributed by atoms with van der Waals surface area (Å²) in [6.07, 6.45) is 1.39. The van der Waals surface area contributed by atoms with Gasteiger partial charge in [-0.2, -0.15) is 4.98 Å². The van der Waals surface area contributed by atoms with Gasteiger partial charge in [0.1, 0.15) is 0 Å². The van der Waals surface area contributed by atoms with Gasteiger partial charge in [0.25, 0.3) is 6.01 Å². The van der Waals surface area contributed by atoms with Crippen LogP contribution in [0.25, 0.3) is 11.0 Å². The number of likely N-dealkylation sites (tertiary alicyclic amines) is 1. The lowest BCUT2D eigenvalue weighted by molar-refractivity contribution is 0.0893. The lowest BCUT2D eigenvalue weighted by Crippen LogP contribution is -2.37. The third-order valence-corrected chi connectivity index (χ3v) is 5.98. The molecule has 2 aromatic carbocycles. The van der Waals surface area contributed by atoms with E-state index in [4.69, 9.17) is 14.2 Å². The third kappa shape index (κ3) is 4.48. The molecule has 0 amide bonds. The monoisotopic (exact) mass is 425 g/mol. The van der Waals surface area contributed by atoms with Crippen molar-refractivity contribution in [3.05, 3.63) is 48.0 Å². The van der Waals surface area contributed by atoms with E-state index in [0.717, 1.165) is 42.5 Å². The molecule has 3 aromatic rings. The number of ether oxygens (including phenoxy) is 3. The molecule has 4 rings (SSSR count). The van der Waals surface area contributed by atoms with E-state index in [0.29, 0.717) is 36.7 Å². The van der Waals surface area contributed by atoms with Gasteiger partial charge in [0.15, 0.2) is 11.5 Å². The first-order valence-electron chi connectivity index (χ1n) is 10.9. The minimum atomic E-state index is -0.579. The van der Waals surface area contributed by atoms with Gasteiger partial charge in [-0.25, -0.2) is 0 Å². The van der Waals surface area contributed by atoms with Crippen LogP contribution in [0.2, 0.25) is 0 Å². The number of para-hydroxylation sites is 2. The zero-order chi connectivity index (χ0) is 21.8. The summed E-state index contributed by atoms with van der Waals surface area (Å²) in [5, 5.41) is 10.8. The second-order valence-corrected chi connectivity index (χ2v) is 7.85. The Kier molecular flexibility index (Phi) is 6.63.